The second-order valence-corrected chi connectivity index (χ2v) is 10.3. The number of carbonyl (C=O) groups excluding carboxylic acids is 1. The predicted molar refractivity (Wildman–Crippen MR) is 153 cm³/mol. The minimum atomic E-state index is -0.731. The van der Waals surface area contributed by atoms with E-state index in [-0.39, 0.29) is 18.5 Å². The average Bonchev–Trinajstić information content (AvgIpc) is 2.85. The molecule has 36 heavy (non-hydrogen) atoms. The van der Waals surface area contributed by atoms with Gasteiger partial charge in [-0.15, -0.1) is 0 Å². The van der Waals surface area contributed by atoms with Crippen LogP contribution < -0.4 is 0 Å². The van der Waals surface area contributed by atoms with Crippen LogP contribution in [0.5, 0.6) is 0 Å². The molecule has 0 bridgehead atoms. The average molecular weight is 507 g/mol. The van der Waals surface area contributed by atoms with Crippen molar-refractivity contribution in [3.63, 3.8) is 0 Å². The number of hydrogen-bond donors (Lipinski definition) is 1. The molecule has 0 aliphatic carbocycles. The molecule has 1 N–H and O–H groups in total. The summed E-state index contributed by atoms with van der Waals surface area (Å²) in [7, 11) is 0. The summed E-state index contributed by atoms with van der Waals surface area (Å²) >= 11 is 0. The first kappa shape index (κ1) is 34.4. The highest BCUT2D eigenvalue weighted by Crippen LogP contribution is 2.17. The Kier molecular flexibility index (Phi) is 26.8. The molecule has 1 unspecified atom stereocenters. The van der Waals surface area contributed by atoms with Crippen LogP contribution in [0.15, 0.2) is 24.3 Å². The number of allylic oxidation sites excluding steroid dienone is 4. The molecule has 0 rings (SSSR count). The second kappa shape index (κ2) is 28.0. The predicted octanol–water partition coefficient (Wildman–Crippen LogP) is 10.1. The van der Waals surface area contributed by atoms with Gasteiger partial charge in [0.1, 0.15) is 6.10 Å². The molecule has 0 spiro atoms. The van der Waals surface area contributed by atoms with Gasteiger partial charge < -0.3 is 9.84 Å². The SMILES string of the molecule is CCCCCC/C=C\C/C=C\CCCCCCCC(=O)OC(CCCCCC)CCCCCC(=O)O. The van der Waals surface area contributed by atoms with Gasteiger partial charge in [0, 0.05) is 12.8 Å². The van der Waals surface area contributed by atoms with E-state index in [2.05, 4.69) is 38.2 Å². The lowest BCUT2D eigenvalue weighted by atomic mass is 10.0. The summed E-state index contributed by atoms with van der Waals surface area (Å²) in [5, 5.41) is 8.77. The maximum absolute atomic E-state index is 12.4. The molecule has 0 radical (unpaired) electrons. The maximum atomic E-state index is 12.4. The number of carboxylic acid groups (broad SMARTS) is 1. The van der Waals surface area contributed by atoms with Gasteiger partial charge in [-0.2, -0.15) is 0 Å². The van der Waals surface area contributed by atoms with Crippen LogP contribution >= 0.6 is 0 Å². The van der Waals surface area contributed by atoms with Crippen molar-refractivity contribution >= 4 is 11.9 Å². The van der Waals surface area contributed by atoms with Gasteiger partial charge in [0.2, 0.25) is 0 Å². The summed E-state index contributed by atoms with van der Waals surface area (Å²) < 4.78 is 5.81. The van der Waals surface area contributed by atoms with E-state index in [1.807, 2.05) is 0 Å². The Morgan fingerprint density at radius 2 is 1.08 bits per heavy atom. The molecule has 0 fully saturated rings. The third kappa shape index (κ3) is 27.0. The Hall–Kier alpha value is -1.58. The molecule has 210 valence electrons. The zero-order chi connectivity index (χ0) is 26.5. The Balaban J connectivity index is 3.81. The lowest BCUT2D eigenvalue weighted by Crippen LogP contribution is -2.18. The van der Waals surface area contributed by atoms with Crippen LogP contribution in [0.3, 0.4) is 0 Å². The monoisotopic (exact) mass is 506 g/mol. The van der Waals surface area contributed by atoms with Crippen molar-refractivity contribution in [3.8, 4) is 0 Å². The molecule has 0 aromatic rings. The van der Waals surface area contributed by atoms with E-state index in [9.17, 15) is 9.59 Å². The molecular weight excluding hydrogens is 448 g/mol. The van der Waals surface area contributed by atoms with E-state index in [0.29, 0.717) is 12.8 Å². The number of esters is 1. The van der Waals surface area contributed by atoms with Crippen molar-refractivity contribution in [3.05, 3.63) is 24.3 Å². The van der Waals surface area contributed by atoms with Crippen LogP contribution in [0.2, 0.25) is 0 Å². The first-order valence-corrected chi connectivity index (χ1v) is 15.3. The largest absolute Gasteiger partial charge is 0.481 e. The molecule has 4 heteroatoms. The van der Waals surface area contributed by atoms with E-state index in [1.165, 1.54) is 70.6 Å². The molecule has 0 aliphatic rings. The molecule has 1 atom stereocenters. The van der Waals surface area contributed by atoms with E-state index in [0.717, 1.165) is 57.8 Å². The van der Waals surface area contributed by atoms with E-state index in [4.69, 9.17) is 9.84 Å². The summed E-state index contributed by atoms with van der Waals surface area (Å²) in [6.07, 6.45) is 33.4. The van der Waals surface area contributed by atoms with Crippen molar-refractivity contribution in [2.45, 2.75) is 168 Å². The number of hydrogen-bond acceptors (Lipinski definition) is 3. The number of aliphatic carboxylic acids is 1. The Bertz CT molecular complexity index is 552. The minimum absolute atomic E-state index is 0.00174. The van der Waals surface area contributed by atoms with Gasteiger partial charge in [-0.05, 0) is 70.6 Å². The fourth-order valence-corrected chi connectivity index (χ4v) is 4.39. The summed E-state index contributed by atoms with van der Waals surface area (Å²) in [6, 6.07) is 0. The standard InChI is InChI=1S/C32H58O4/c1-3-5-7-9-10-11-12-13-14-15-16-17-18-19-20-25-29-32(35)36-30(26-22-8-6-4-2)27-23-21-24-28-31(33)34/h11-12,14-15,30H,3-10,13,16-29H2,1-2H3,(H,33,34)/b12-11-,15-14-. The van der Waals surface area contributed by atoms with Gasteiger partial charge in [0.05, 0.1) is 0 Å². The molecule has 0 amide bonds. The zero-order valence-corrected chi connectivity index (χ0v) is 23.8. The Morgan fingerprint density at radius 3 is 1.67 bits per heavy atom. The van der Waals surface area contributed by atoms with Gasteiger partial charge in [0.25, 0.3) is 0 Å². The molecule has 0 heterocycles. The lowest BCUT2D eigenvalue weighted by Gasteiger charge is -2.18. The number of rotatable bonds is 27. The fourth-order valence-electron chi connectivity index (χ4n) is 4.39. The highest BCUT2D eigenvalue weighted by Gasteiger charge is 2.14. The quantitative estimate of drug-likeness (QED) is 0.0683. The van der Waals surface area contributed by atoms with E-state index >= 15 is 0 Å². The third-order valence-corrected chi connectivity index (χ3v) is 6.68. The minimum Gasteiger partial charge on any atom is -0.481 e. The van der Waals surface area contributed by atoms with Crippen LogP contribution in [-0.2, 0) is 14.3 Å². The Labute approximate surface area is 223 Å². The van der Waals surface area contributed by atoms with Crippen LogP contribution in [0.1, 0.15) is 162 Å². The summed E-state index contributed by atoms with van der Waals surface area (Å²) in [6.45, 7) is 4.45. The molecule has 0 saturated carbocycles. The second-order valence-electron chi connectivity index (χ2n) is 10.3. The van der Waals surface area contributed by atoms with Crippen molar-refractivity contribution < 1.29 is 19.4 Å². The topological polar surface area (TPSA) is 63.6 Å². The lowest BCUT2D eigenvalue weighted by molar-refractivity contribution is -0.150. The van der Waals surface area contributed by atoms with E-state index < -0.39 is 5.97 Å². The number of unbranched alkanes of at least 4 members (excludes halogenated alkanes) is 14. The number of carbonyl (C=O) groups is 2. The van der Waals surface area contributed by atoms with Gasteiger partial charge >= 0.3 is 11.9 Å². The summed E-state index contributed by atoms with van der Waals surface area (Å²) in [5.74, 6) is -0.785. The molecule has 0 aromatic carbocycles. The zero-order valence-electron chi connectivity index (χ0n) is 23.8. The Morgan fingerprint density at radius 1 is 0.611 bits per heavy atom. The van der Waals surface area contributed by atoms with Crippen LogP contribution in [0, 0.1) is 0 Å². The van der Waals surface area contributed by atoms with E-state index in [1.54, 1.807) is 0 Å². The fraction of sp³-hybridized carbons (Fsp3) is 0.812. The summed E-state index contributed by atoms with van der Waals surface area (Å²) in [4.78, 5) is 23.0. The van der Waals surface area contributed by atoms with Gasteiger partial charge in [-0.3, -0.25) is 9.59 Å². The molecule has 4 nitrogen and oxygen atoms in total. The molecule has 0 saturated heterocycles. The first-order chi connectivity index (χ1) is 17.6. The highest BCUT2D eigenvalue weighted by molar-refractivity contribution is 5.69. The molecule has 0 aromatic heterocycles. The third-order valence-electron chi connectivity index (χ3n) is 6.68. The maximum Gasteiger partial charge on any atom is 0.306 e. The number of carboxylic acids is 1. The van der Waals surface area contributed by atoms with Crippen molar-refractivity contribution in [1.29, 1.82) is 0 Å². The van der Waals surface area contributed by atoms with Crippen molar-refractivity contribution in [2.75, 3.05) is 0 Å². The number of ether oxygens (including phenoxy) is 1. The van der Waals surface area contributed by atoms with Gasteiger partial charge in [-0.1, -0.05) is 102 Å². The summed E-state index contributed by atoms with van der Waals surface area (Å²) in [5.41, 5.74) is 0. The molecule has 0 aliphatic heterocycles. The highest BCUT2D eigenvalue weighted by atomic mass is 16.5. The van der Waals surface area contributed by atoms with Crippen LogP contribution in [0.4, 0.5) is 0 Å². The molecular formula is C32H58O4. The first-order valence-electron chi connectivity index (χ1n) is 15.3. The smallest absolute Gasteiger partial charge is 0.306 e. The van der Waals surface area contributed by atoms with Gasteiger partial charge in [0.15, 0.2) is 0 Å². The van der Waals surface area contributed by atoms with Gasteiger partial charge in [-0.25, -0.2) is 0 Å². The van der Waals surface area contributed by atoms with Crippen LogP contribution in [-0.4, -0.2) is 23.1 Å². The normalized spacial score (nSPS) is 12.5. The van der Waals surface area contributed by atoms with Crippen molar-refractivity contribution in [1.82, 2.24) is 0 Å². The van der Waals surface area contributed by atoms with Crippen LogP contribution in [0.25, 0.3) is 0 Å². The van der Waals surface area contributed by atoms with Crippen molar-refractivity contribution in [2.24, 2.45) is 0 Å².